The quantitative estimate of drug-likeness (QED) is 0.515. The van der Waals surface area contributed by atoms with Gasteiger partial charge in [0.15, 0.2) is 0 Å². The minimum atomic E-state index is -4.94. The van der Waals surface area contributed by atoms with Crippen LogP contribution in [-0.4, -0.2) is 5.91 Å². The Kier molecular flexibility index (Phi) is 7.03. The first kappa shape index (κ1) is 21.0. The van der Waals surface area contributed by atoms with Crippen LogP contribution in [0.4, 0.5) is 5.69 Å². The molecule has 0 aliphatic carbocycles. The number of fused-ring (bicyclic) bond motifs is 1. The van der Waals surface area contributed by atoms with Crippen LogP contribution in [0.25, 0.3) is 16.3 Å². The first-order valence-corrected chi connectivity index (χ1v) is 9.74. The summed E-state index contributed by atoms with van der Waals surface area (Å²) in [5.74, 6) is -0.00814. The standard InChI is InChI=1S/C18H17N2OS.ClHO4/c1-14(21)20(15-8-4-3-5-9-15)13-12-18-19(2)16-10-6-7-11-17(16)22-18;2-1(3,4)5/h3-13H,1-2H3;(H,2,3,4,5)/q+1;/p-1. The van der Waals surface area contributed by atoms with Crippen LogP contribution in [-0.2, 0) is 11.8 Å². The van der Waals surface area contributed by atoms with Gasteiger partial charge in [0.1, 0.15) is 11.7 Å². The van der Waals surface area contributed by atoms with Gasteiger partial charge in [0, 0.05) is 31.0 Å². The third kappa shape index (κ3) is 6.40. The molecule has 0 unspecified atom stereocenters. The number of nitrogens with zero attached hydrogens (tertiary/aromatic N) is 2. The topological polar surface area (TPSA) is 116 Å². The van der Waals surface area contributed by atoms with Crippen molar-refractivity contribution in [2.45, 2.75) is 6.92 Å². The summed E-state index contributed by atoms with van der Waals surface area (Å²) in [6, 6.07) is 17.9. The van der Waals surface area contributed by atoms with E-state index in [-0.39, 0.29) is 5.91 Å². The maximum atomic E-state index is 11.9. The van der Waals surface area contributed by atoms with Gasteiger partial charge in [-0.05, 0) is 18.2 Å². The SMILES string of the molecule is CC(=O)N(C=Cc1sc2ccccc2[n+]1C)c1ccccc1.[O-][Cl+3]([O-])([O-])[O-]. The molecule has 1 heterocycles. The molecule has 142 valence electrons. The number of hydrogen-bond donors (Lipinski definition) is 0. The van der Waals surface area contributed by atoms with Crippen molar-refractivity contribution in [3.63, 3.8) is 0 Å². The second kappa shape index (κ2) is 9.05. The monoisotopic (exact) mass is 408 g/mol. The zero-order valence-corrected chi connectivity index (χ0v) is 16.1. The summed E-state index contributed by atoms with van der Waals surface area (Å²) in [5, 5.41) is 1.10. The average molecular weight is 409 g/mol. The summed E-state index contributed by atoms with van der Waals surface area (Å²) in [6.45, 7) is 1.57. The third-order valence-electron chi connectivity index (χ3n) is 3.51. The molecule has 0 N–H and O–H groups in total. The molecule has 0 spiro atoms. The summed E-state index contributed by atoms with van der Waals surface area (Å²) < 4.78 is 37.3. The van der Waals surface area contributed by atoms with Gasteiger partial charge >= 0.3 is 0 Å². The molecule has 0 radical (unpaired) electrons. The van der Waals surface area contributed by atoms with E-state index in [1.165, 1.54) is 10.2 Å². The van der Waals surface area contributed by atoms with Crippen molar-refractivity contribution in [2.24, 2.45) is 7.05 Å². The lowest BCUT2D eigenvalue weighted by molar-refractivity contribution is -2.00. The minimum absolute atomic E-state index is 0.00814. The first-order valence-electron chi connectivity index (χ1n) is 7.69. The van der Waals surface area contributed by atoms with E-state index >= 15 is 0 Å². The Hall–Kier alpha value is -2.33. The maximum Gasteiger partial charge on any atom is 0.264 e. The highest BCUT2D eigenvalue weighted by Gasteiger charge is 2.15. The molecule has 7 nitrogen and oxygen atoms in total. The lowest BCUT2D eigenvalue weighted by Crippen LogP contribution is -2.68. The fourth-order valence-corrected chi connectivity index (χ4v) is 3.41. The van der Waals surface area contributed by atoms with Gasteiger partial charge in [-0.3, -0.25) is 9.69 Å². The van der Waals surface area contributed by atoms with Crippen LogP contribution in [0, 0.1) is 10.2 Å². The predicted octanol–water partition coefficient (Wildman–Crippen LogP) is -1.01. The van der Waals surface area contributed by atoms with Crippen molar-refractivity contribution < 1.29 is 38.2 Å². The molecule has 1 aromatic heterocycles. The van der Waals surface area contributed by atoms with Crippen LogP contribution in [0.2, 0.25) is 0 Å². The number of anilines is 1. The maximum absolute atomic E-state index is 11.9. The van der Waals surface area contributed by atoms with Gasteiger partial charge in [0.2, 0.25) is 11.4 Å². The Labute approximate surface area is 162 Å². The van der Waals surface area contributed by atoms with E-state index in [1.807, 2.05) is 61.8 Å². The smallest absolute Gasteiger partial charge is 0.264 e. The van der Waals surface area contributed by atoms with Gasteiger partial charge in [-0.25, -0.2) is 18.6 Å². The largest absolute Gasteiger partial charge is 0.288 e. The van der Waals surface area contributed by atoms with E-state index in [9.17, 15) is 4.79 Å². The lowest BCUT2D eigenvalue weighted by Gasteiger charge is -2.17. The number of rotatable bonds is 3. The molecule has 0 saturated carbocycles. The number of halogens is 1. The summed E-state index contributed by atoms with van der Waals surface area (Å²) in [6.07, 6.45) is 3.82. The molecule has 3 rings (SSSR count). The average Bonchev–Trinajstić information content (AvgIpc) is 2.91. The number of para-hydroxylation sites is 2. The molecule has 0 fully saturated rings. The first-order chi connectivity index (χ1) is 12.7. The van der Waals surface area contributed by atoms with Crippen LogP contribution >= 0.6 is 11.3 Å². The molecule has 9 heteroatoms. The summed E-state index contributed by atoms with van der Waals surface area (Å²) in [5.41, 5.74) is 2.07. The molecule has 3 aromatic rings. The molecule has 0 bridgehead atoms. The zero-order valence-electron chi connectivity index (χ0n) is 14.6. The molecule has 1 amide bonds. The van der Waals surface area contributed by atoms with E-state index in [2.05, 4.69) is 16.7 Å². The van der Waals surface area contributed by atoms with E-state index in [0.29, 0.717) is 0 Å². The Morgan fingerprint density at radius 2 is 1.59 bits per heavy atom. The lowest BCUT2D eigenvalue weighted by atomic mass is 10.3. The summed E-state index contributed by atoms with van der Waals surface area (Å²) in [7, 11) is -2.90. The number of hydrogen-bond acceptors (Lipinski definition) is 6. The second-order valence-electron chi connectivity index (χ2n) is 5.39. The van der Waals surface area contributed by atoms with Crippen molar-refractivity contribution in [1.82, 2.24) is 0 Å². The molecule has 0 atom stereocenters. The molecular weight excluding hydrogens is 392 g/mol. The van der Waals surface area contributed by atoms with Gasteiger partial charge in [-0.1, -0.05) is 41.7 Å². The summed E-state index contributed by atoms with van der Waals surface area (Å²) >= 11 is 1.71. The number of thiazole rings is 1. The van der Waals surface area contributed by atoms with Crippen molar-refractivity contribution in [1.29, 1.82) is 0 Å². The Balaban J connectivity index is 0.000000465. The minimum Gasteiger partial charge on any atom is -0.288 e. The zero-order chi connectivity index (χ0) is 20.0. The molecule has 0 saturated heterocycles. The van der Waals surface area contributed by atoms with Gasteiger partial charge in [-0.2, -0.15) is 4.57 Å². The summed E-state index contributed by atoms with van der Waals surface area (Å²) in [4.78, 5) is 13.6. The van der Waals surface area contributed by atoms with Crippen LogP contribution < -0.4 is 28.1 Å². The normalized spacial score (nSPS) is 11.3. The number of carbonyl (C=O) groups is 1. The highest BCUT2D eigenvalue weighted by atomic mass is 35.7. The van der Waals surface area contributed by atoms with Gasteiger partial charge < -0.3 is 0 Å². The highest BCUT2D eigenvalue weighted by Crippen LogP contribution is 2.21. The van der Waals surface area contributed by atoms with E-state index in [4.69, 9.17) is 18.6 Å². The van der Waals surface area contributed by atoms with E-state index in [1.54, 1.807) is 23.2 Å². The van der Waals surface area contributed by atoms with Crippen molar-refractivity contribution in [2.75, 3.05) is 4.90 Å². The fraction of sp³-hybridized carbons (Fsp3) is 0.111. The Bertz CT molecular complexity index is 932. The highest BCUT2D eigenvalue weighted by molar-refractivity contribution is 7.18. The number of amides is 1. The van der Waals surface area contributed by atoms with Crippen molar-refractivity contribution in [3.8, 4) is 0 Å². The molecular formula is C18H17ClN2O5S. The van der Waals surface area contributed by atoms with Crippen LogP contribution in [0.1, 0.15) is 11.9 Å². The number of aryl methyl sites for hydroxylation is 1. The molecule has 0 aliphatic heterocycles. The second-order valence-corrected chi connectivity index (χ2v) is 7.20. The van der Waals surface area contributed by atoms with E-state index in [0.717, 1.165) is 10.7 Å². The number of aromatic nitrogens is 1. The third-order valence-corrected chi connectivity index (χ3v) is 4.70. The number of carbonyl (C=O) groups excluding carboxylic acids is 1. The van der Waals surface area contributed by atoms with Gasteiger partial charge in [0.05, 0.1) is 0 Å². The molecule has 0 aliphatic rings. The van der Waals surface area contributed by atoms with Gasteiger partial charge in [0.25, 0.3) is 5.01 Å². The number of benzene rings is 2. The fourth-order valence-electron chi connectivity index (χ4n) is 2.37. The van der Waals surface area contributed by atoms with Crippen molar-refractivity contribution in [3.05, 3.63) is 65.8 Å². The van der Waals surface area contributed by atoms with Crippen molar-refractivity contribution >= 4 is 39.2 Å². The Morgan fingerprint density at radius 3 is 2.15 bits per heavy atom. The van der Waals surface area contributed by atoms with Crippen LogP contribution in [0.5, 0.6) is 0 Å². The predicted molar refractivity (Wildman–Crippen MR) is 91.6 cm³/mol. The molecule has 2 aromatic carbocycles. The van der Waals surface area contributed by atoms with Crippen LogP contribution in [0.3, 0.4) is 0 Å². The van der Waals surface area contributed by atoms with Crippen LogP contribution in [0.15, 0.2) is 60.8 Å². The molecule has 27 heavy (non-hydrogen) atoms. The Morgan fingerprint density at radius 1 is 1.04 bits per heavy atom. The van der Waals surface area contributed by atoms with E-state index < -0.39 is 10.2 Å². The van der Waals surface area contributed by atoms with Gasteiger partial charge in [-0.15, -0.1) is 10.2 Å².